The summed E-state index contributed by atoms with van der Waals surface area (Å²) in [4.78, 5) is 31.2. The monoisotopic (exact) mass is 381 g/mol. The van der Waals surface area contributed by atoms with Gasteiger partial charge in [0.05, 0.1) is 31.4 Å². The topological polar surface area (TPSA) is 73.7 Å². The summed E-state index contributed by atoms with van der Waals surface area (Å²) in [6.45, 7) is 2.22. The summed E-state index contributed by atoms with van der Waals surface area (Å²) in [5.74, 6) is 1.04. The van der Waals surface area contributed by atoms with Gasteiger partial charge in [-0.2, -0.15) is 0 Å². The van der Waals surface area contributed by atoms with Crippen molar-refractivity contribution in [3.05, 3.63) is 64.2 Å². The van der Waals surface area contributed by atoms with Crippen LogP contribution in [0.5, 0.6) is 11.5 Å². The molecule has 0 aliphatic heterocycles. The van der Waals surface area contributed by atoms with Gasteiger partial charge in [0.25, 0.3) is 5.56 Å². The number of nitrogens with zero attached hydrogens (tertiary/aromatic N) is 3. The SMILES string of the molecule is COc1ccc(CN(C)C(=O)Cn2cnc3c(C)cccc3c2=O)cc1OC. The maximum atomic E-state index is 12.7. The number of amides is 1. The molecule has 0 saturated heterocycles. The Morgan fingerprint density at radius 3 is 2.61 bits per heavy atom. The van der Waals surface area contributed by atoms with Gasteiger partial charge in [0.1, 0.15) is 6.54 Å². The van der Waals surface area contributed by atoms with Crippen molar-refractivity contribution in [2.45, 2.75) is 20.0 Å². The number of aryl methyl sites for hydroxylation is 1. The van der Waals surface area contributed by atoms with E-state index in [1.807, 2.05) is 31.2 Å². The number of rotatable bonds is 6. The Bertz CT molecular complexity index is 1070. The van der Waals surface area contributed by atoms with E-state index in [2.05, 4.69) is 4.98 Å². The average Bonchev–Trinajstić information content (AvgIpc) is 2.70. The summed E-state index contributed by atoms with van der Waals surface area (Å²) < 4.78 is 11.9. The number of aromatic nitrogens is 2. The largest absolute Gasteiger partial charge is 0.493 e. The molecule has 7 nitrogen and oxygen atoms in total. The van der Waals surface area contributed by atoms with Crippen molar-refractivity contribution in [3.8, 4) is 11.5 Å². The Balaban J connectivity index is 1.77. The Labute approximate surface area is 163 Å². The van der Waals surface area contributed by atoms with Gasteiger partial charge in [-0.3, -0.25) is 14.2 Å². The zero-order valence-electron chi connectivity index (χ0n) is 16.4. The van der Waals surface area contributed by atoms with Gasteiger partial charge < -0.3 is 14.4 Å². The number of carbonyl (C=O) groups is 1. The van der Waals surface area contributed by atoms with Crippen molar-refractivity contribution in [2.24, 2.45) is 0 Å². The van der Waals surface area contributed by atoms with Gasteiger partial charge in [0, 0.05) is 13.6 Å². The number of carbonyl (C=O) groups excluding carboxylic acids is 1. The molecule has 7 heteroatoms. The average molecular weight is 381 g/mol. The molecule has 0 saturated carbocycles. The van der Waals surface area contributed by atoms with Crippen LogP contribution in [0.15, 0.2) is 47.5 Å². The molecule has 0 spiro atoms. The lowest BCUT2D eigenvalue weighted by atomic mass is 10.1. The molecule has 146 valence electrons. The van der Waals surface area contributed by atoms with E-state index in [1.165, 1.54) is 10.9 Å². The molecule has 1 heterocycles. The molecule has 0 fully saturated rings. The number of likely N-dealkylation sites (N-methyl/N-ethyl adjacent to an activating group) is 1. The second-order valence-corrected chi connectivity index (χ2v) is 6.59. The van der Waals surface area contributed by atoms with Crippen LogP contribution in [-0.4, -0.2) is 41.6 Å². The fourth-order valence-corrected chi connectivity index (χ4v) is 3.06. The molecule has 0 aliphatic rings. The fraction of sp³-hybridized carbons (Fsp3) is 0.286. The maximum absolute atomic E-state index is 12.7. The van der Waals surface area contributed by atoms with Crippen LogP contribution in [0.2, 0.25) is 0 Å². The molecule has 0 N–H and O–H groups in total. The number of methoxy groups -OCH3 is 2. The van der Waals surface area contributed by atoms with Crippen LogP contribution in [-0.2, 0) is 17.9 Å². The highest BCUT2D eigenvalue weighted by Gasteiger charge is 2.14. The highest BCUT2D eigenvalue weighted by molar-refractivity contribution is 5.81. The van der Waals surface area contributed by atoms with E-state index in [0.29, 0.717) is 28.9 Å². The predicted octanol–water partition coefficient (Wildman–Crippen LogP) is 2.38. The molecule has 0 radical (unpaired) electrons. The molecular formula is C21H23N3O4. The van der Waals surface area contributed by atoms with Crippen molar-refractivity contribution < 1.29 is 14.3 Å². The number of hydrogen-bond donors (Lipinski definition) is 0. The Kier molecular flexibility index (Phi) is 5.63. The van der Waals surface area contributed by atoms with Crippen LogP contribution >= 0.6 is 0 Å². The van der Waals surface area contributed by atoms with Crippen LogP contribution in [0.3, 0.4) is 0 Å². The van der Waals surface area contributed by atoms with E-state index in [0.717, 1.165) is 11.1 Å². The van der Waals surface area contributed by atoms with Crippen molar-refractivity contribution in [2.75, 3.05) is 21.3 Å². The van der Waals surface area contributed by atoms with E-state index >= 15 is 0 Å². The van der Waals surface area contributed by atoms with E-state index in [4.69, 9.17) is 9.47 Å². The van der Waals surface area contributed by atoms with Crippen LogP contribution in [0.4, 0.5) is 0 Å². The fourth-order valence-electron chi connectivity index (χ4n) is 3.06. The van der Waals surface area contributed by atoms with Crippen LogP contribution in [0.25, 0.3) is 10.9 Å². The Morgan fingerprint density at radius 1 is 1.14 bits per heavy atom. The van der Waals surface area contributed by atoms with Crippen LogP contribution in [0, 0.1) is 6.92 Å². The summed E-state index contributed by atoms with van der Waals surface area (Å²) in [6.07, 6.45) is 1.43. The smallest absolute Gasteiger partial charge is 0.261 e. The number of para-hydroxylation sites is 1. The van der Waals surface area contributed by atoms with Crippen molar-refractivity contribution in [3.63, 3.8) is 0 Å². The van der Waals surface area contributed by atoms with Gasteiger partial charge in [-0.15, -0.1) is 0 Å². The molecule has 2 aromatic carbocycles. The minimum absolute atomic E-state index is 0.0699. The summed E-state index contributed by atoms with van der Waals surface area (Å²) in [7, 11) is 4.84. The van der Waals surface area contributed by atoms with E-state index < -0.39 is 0 Å². The number of ether oxygens (including phenoxy) is 2. The number of fused-ring (bicyclic) bond motifs is 1. The minimum atomic E-state index is -0.221. The van der Waals surface area contributed by atoms with Gasteiger partial charge in [0.15, 0.2) is 11.5 Å². The standard InChI is InChI=1S/C21H23N3O4/c1-14-6-5-7-16-20(14)22-13-24(21(16)26)12-19(25)23(2)11-15-8-9-17(27-3)18(10-15)28-4/h5-10,13H,11-12H2,1-4H3. The predicted molar refractivity (Wildman–Crippen MR) is 107 cm³/mol. The Hall–Kier alpha value is -3.35. The van der Waals surface area contributed by atoms with Gasteiger partial charge in [-0.1, -0.05) is 18.2 Å². The molecule has 0 unspecified atom stereocenters. The Morgan fingerprint density at radius 2 is 1.89 bits per heavy atom. The van der Waals surface area contributed by atoms with E-state index in [-0.39, 0.29) is 18.0 Å². The lowest BCUT2D eigenvalue weighted by Crippen LogP contribution is -2.33. The summed E-state index contributed by atoms with van der Waals surface area (Å²) >= 11 is 0. The molecule has 1 amide bonds. The summed E-state index contributed by atoms with van der Waals surface area (Å²) in [6, 6.07) is 10.9. The van der Waals surface area contributed by atoms with Gasteiger partial charge in [-0.25, -0.2) is 4.98 Å². The maximum Gasteiger partial charge on any atom is 0.261 e. The molecule has 0 aliphatic carbocycles. The zero-order chi connectivity index (χ0) is 20.3. The summed E-state index contributed by atoms with van der Waals surface area (Å²) in [5.41, 5.74) is 2.27. The molecule has 28 heavy (non-hydrogen) atoms. The highest BCUT2D eigenvalue weighted by atomic mass is 16.5. The zero-order valence-corrected chi connectivity index (χ0v) is 16.4. The lowest BCUT2D eigenvalue weighted by molar-refractivity contribution is -0.131. The normalized spacial score (nSPS) is 10.7. The summed E-state index contributed by atoms with van der Waals surface area (Å²) in [5, 5.41) is 0.512. The molecule has 1 aromatic heterocycles. The highest BCUT2D eigenvalue weighted by Crippen LogP contribution is 2.27. The number of benzene rings is 2. The minimum Gasteiger partial charge on any atom is -0.493 e. The van der Waals surface area contributed by atoms with Gasteiger partial charge in [-0.05, 0) is 36.2 Å². The van der Waals surface area contributed by atoms with Crippen molar-refractivity contribution >= 4 is 16.8 Å². The first kappa shape index (κ1) is 19.4. The second-order valence-electron chi connectivity index (χ2n) is 6.59. The molecular weight excluding hydrogens is 358 g/mol. The van der Waals surface area contributed by atoms with E-state index in [9.17, 15) is 9.59 Å². The second kappa shape index (κ2) is 8.12. The van der Waals surface area contributed by atoms with Crippen LogP contribution < -0.4 is 15.0 Å². The molecule has 0 atom stereocenters. The van der Waals surface area contributed by atoms with Crippen LogP contribution in [0.1, 0.15) is 11.1 Å². The van der Waals surface area contributed by atoms with Crippen molar-refractivity contribution in [1.29, 1.82) is 0 Å². The first-order valence-electron chi connectivity index (χ1n) is 8.84. The molecule has 3 rings (SSSR count). The first-order chi connectivity index (χ1) is 13.4. The third kappa shape index (κ3) is 3.83. The van der Waals surface area contributed by atoms with Crippen molar-refractivity contribution in [1.82, 2.24) is 14.5 Å². The number of hydrogen-bond acceptors (Lipinski definition) is 5. The van der Waals surface area contributed by atoms with Gasteiger partial charge in [0.2, 0.25) is 5.91 Å². The lowest BCUT2D eigenvalue weighted by Gasteiger charge is -2.19. The quantitative estimate of drug-likeness (QED) is 0.655. The molecule has 3 aromatic rings. The van der Waals surface area contributed by atoms with E-state index in [1.54, 1.807) is 38.3 Å². The third-order valence-corrected chi connectivity index (χ3v) is 4.65. The van der Waals surface area contributed by atoms with Gasteiger partial charge >= 0.3 is 0 Å². The molecule has 0 bridgehead atoms. The third-order valence-electron chi connectivity index (χ3n) is 4.65. The first-order valence-corrected chi connectivity index (χ1v) is 8.84.